The van der Waals surface area contributed by atoms with E-state index in [9.17, 15) is 0 Å². The van der Waals surface area contributed by atoms with Gasteiger partial charge in [0.15, 0.2) is 0 Å². The van der Waals surface area contributed by atoms with Gasteiger partial charge in [-0.1, -0.05) is 111 Å². The molecule has 0 nitrogen and oxygen atoms in total. The minimum atomic E-state index is -1.20. The summed E-state index contributed by atoms with van der Waals surface area (Å²) in [6.45, 7) is 4.87. The first-order valence-electron chi connectivity index (χ1n) is 14.8. The molecular weight excluding hydrogens is 661 g/mol. The Labute approximate surface area is 279 Å². The van der Waals surface area contributed by atoms with Crippen molar-refractivity contribution >= 4 is 47.7 Å². The van der Waals surface area contributed by atoms with E-state index < -0.39 is 15.8 Å². The average Bonchev–Trinajstić information content (AvgIpc) is 3.04. The molecule has 6 aromatic rings. The van der Waals surface area contributed by atoms with Crippen molar-refractivity contribution in [2.45, 2.75) is 25.7 Å². The van der Waals surface area contributed by atoms with E-state index in [0.29, 0.717) is 0 Å². The van der Waals surface area contributed by atoms with Crippen LogP contribution in [0.25, 0.3) is 0 Å². The maximum atomic E-state index is 2.44. The van der Waals surface area contributed by atoms with E-state index in [0.717, 1.165) is 6.42 Å². The van der Waals surface area contributed by atoms with Gasteiger partial charge in [-0.2, -0.15) is 0 Å². The van der Waals surface area contributed by atoms with Crippen molar-refractivity contribution < 1.29 is 20.4 Å². The van der Waals surface area contributed by atoms with Gasteiger partial charge in [0.1, 0.15) is 31.8 Å². The molecule has 0 saturated heterocycles. The Balaban J connectivity index is 0.00000192. The smallest absolute Gasteiger partial charge is 0.106 e. The fourth-order valence-corrected chi connectivity index (χ4v) is 12.5. The molecule has 0 radical (unpaired) electrons. The summed E-state index contributed by atoms with van der Waals surface area (Å²) >= 11 is 0. The van der Waals surface area contributed by atoms with Crippen LogP contribution in [0, 0.1) is 7.43 Å². The van der Waals surface area contributed by atoms with E-state index in [4.69, 9.17) is 0 Å². The second-order valence-corrected chi connectivity index (χ2v) is 16.6. The molecule has 0 saturated carbocycles. The summed E-state index contributed by atoms with van der Waals surface area (Å²) in [5.74, 6) is 0. The largest absolute Gasteiger partial charge is 0.358 e. The Kier molecular flexibility index (Phi) is 10.2. The molecule has 0 bridgehead atoms. The summed E-state index contributed by atoms with van der Waals surface area (Å²) < 4.78 is 0. The molecule has 3 heteroatoms. The number of fused-ring (bicyclic) bond motifs is 2. The molecule has 0 atom stereocenters. The minimum Gasteiger partial charge on any atom is -0.358 e. The van der Waals surface area contributed by atoms with E-state index >= 15 is 0 Å². The Morgan fingerprint density at radius 3 is 1.00 bits per heavy atom. The molecule has 44 heavy (non-hydrogen) atoms. The molecule has 1 aliphatic carbocycles. The van der Waals surface area contributed by atoms with Gasteiger partial charge >= 0.3 is 0 Å². The summed E-state index contributed by atoms with van der Waals surface area (Å²) in [7, 11) is -2.39. The Morgan fingerprint density at radius 1 is 0.409 bits per heavy atom. The van der Waals surface area contributed by atoms with Crippen LogP contribution in [0.5, 0.6) is 0 Å². The Morgan fingerprint density at radius 2 is 0.705 bits per heavy atom. The third kappa shape index (κ3) is 5.93. The van der Waals surface area contributed by atoms with Crippen LogP contribution in [0.4, 0.5) is 0 Å². The van der Waals surface area contributed by atoms with Crippen LogP contribution in [-0.4, -0.2) is 0 Å². The maximum absolute atomic E-state index is 2.44. The summed E-state index contributed by atoms with van der Waals surface area (Å²) in [6.07, 6.45) is 0.974. The van der Waals surface area contributed by atoms with Crippen molar-refractivity contribution in [3.05, 3.63) is 187 Å². The predicted octanol–water partition coefficient (Wildman–Crippen LogP) is 7.35. The summed E-state index contributed by atoms with van der Waals surface area (Å²) in [4.78, 5) is 0. The monoisotopic (exact) mass is 699 g/mol. The van der Waals surface area contributed by atoms with Crippen molar-refractivity contribution in [1.29, 1.82) is 0 Å². The molecule has 0 unspecified atom stereocenters. The fourth-order valence-electron chi connectivity index (χ4n) is 6.89. The van der Waals surface area contributed by atoms with Gasteiger partial charge in [0.05, 0.1) is 15.8 Å². The minimum absolute atomic E-state index is 0. The Bertz CT molecular complexity index is 1600. The molecule has 0 aliphatic heterocycles. The van der Waals surface area contributed by atoms with Crippen LogP contribution in [0.2, 0.25) is 0 Å². The summed E-state index contributed by atoms with van der Waals surface area (Å²) in [5.41, 5.74) is 5.94. The molecule has 7 rings (SSSR count). The van der Waals surface area contributed by atoms with E-state index in [1.54, 1.807) is 0 Å². The molecule has 6 aromatic carbocycles. The number of hydrogen-bond acceptors (Lipinski definition) is 0. The van der Waals surface area contributed by atoms with Crippen LogP contribution in [0.3, 0.4) is 0 Å². The van der Waals surface area contributed by atoms with Gasteiger partial charge in [-0.3, -0.25) is 0 Å². The molecule has 0 aromatic heterocycles. The van der Waals surface area contributed by atoms with Crippen molar-refractivity contribution in [2.75, 3.05) is 0 Å². The van der Waals surface area contributed by atoms with Gasteiger partial charge in [-0.15, -0.1) is 0 Å². The van der Waals surface area contributed by atoms with Gasteiger partial charge in [-0.05, 0) is 71.8 Å². The average molecular weight is 700 g/mol. The van der Waals surface area contributed by atoms with Crippen LogP contribution in [-0.2, 0) is 32.3 Å². The molecular formula is C41H39P2Pd+. The fraction of sp³-hybridized carbons (Fsp3) is 0.0976. The van der Waals surface area contributed by atoms with Crippen molar-refractivity contribution in [3.63, 3.8) is 0 Å². The second-order valence-electron chi connectivity index (χ2n) is 11.7. The summed E-state index contributed by atoms with van der Waals surface area (Å²) in [6, 6.07) is 59.1. The quantitative estimate of drug-likeness (QED) is 0.0970. The zero-order valence-corrected chi connectivity index (χ0v) is 29.1. The topological polar surface area (TPSA) is 0 Å². The third-order valence-corrected chi connectivity index (χ3v) is 14.5. The van der Waals surface area contributed by atoms with E-state index in [-0.39, 0.29) is 33.3 Å². The predicted molar refractivity (Wildman–Crippen MR) is 194 cm³/mol. The first-order chi connectivity index (χ1) is 20.6. The van der Waals surface area contributed by atoms with E-state index in [1.807, 2.05) is 0 Å². The van der Waals surface area contributed by atoms with Crippen LogP contribution in [0.15, 0.2) is 158 Å². The number of hydrogen-bond donors (Lipinski definition) is 0. The molecule has 0 spiro atoms. The van der Waals surface area contributed by atoms with Gasteiger partial charge in [-0.25, -0.2) is 0 Å². The van der Waals surface area contributed by atoms with E-state index in [1.165, 1.54) is 54.1 Å². The number of benzene rings is 6. The number of rotatable bonds is 6. The molecule has 0 fully saturated rings. The third-order valence-electron chi connectivity index (χ3n) is 8.84. The van der Waals surface area contributed by atoms with Crippen molar-refractivity contribution in [1.82, 2.24) is 0 Å². The second kappa shape index (κ2) is 13.9. The zero-order chi connectivity index (χ0) is 28.5. The first-order valence-corrected chi connectivity index (χ1v) is 17.8. The van der Waals surface area contributed by atoms with Gasteiger partial charge in [0, 0.05) is 43.4 Å². The molecule has 0 N–H and O–H groups in total. The molecule has 1 aliphatic rings. The van der Waals surface area contributed by atoms with Crippen molar-refractivity contribution in [3.8, 4) is 0 Å². The van der Waals surface area contributed by atoms with Crippen LogP contribution >= 0.6 is 15.8 Å². The molecule has 0 amide bonds. The molecule has 222 valence electrons. The van der Waals surface area contributed by atoms with Gasteiger partial charge in [0.2, 0.25) is 0 Å². The van der Waals surface area contributed by atoms with Gasteiger partial charge < -0.3 is 7.43 Å². The maximum Gasteiger partial charge on any atom is 0.106 e. The zero-order valence-electron chi connectivity index (χ0n) is 25.5. The van der Waals surface area contributed by atoms with Crippen molar-refractivity contribution in [2.24, 2.45) is 0 Å². The standard InChI is InChI=1S/C40H34P2.CH3.Pd/c1-40(2)36-25-15-27-38(41(30-17-7-3-8-18-30)31-19-9-4-10-20-31)34(36)29-35-37(40)26-16-28-39(35)42(32-21-11-5-12-22-32)33-23-13-6-14-24-33;;/h3-28H,29H2,1-2H3;1H3;/q;-1;/p+2. The van der Waals surface area contributed by atoms with Crippen LogP contribution < -0.4 is 31.8 Å². The SMILES string of the molecule is CC1(C)c2cccc([PH+](c3ccccc3)c3ccccc3)c2Cc2c([PH+](c3ccccc3)c3ccccc3)cccc21.[CH3-].[Pd]. The first kappa shape index (κ1) is 32.2. The van der Waals surface area contributed by atoms with E-state index in [2.05, 4.69) is 172 Å². The normalized spacial score (nSPS) is 12.9. The van der Waals surface area contributed by atoms with Gasteiger partial charge in [0.25, 0.3) is 0 Å². The summed E-state index contributed by atoms with van der Waals surface area (Å²) in [5, 5.41) is 8.82. The molecule has 0 heterocycles. The Hall–Kier alpha value is -3.16. The van der Waals surface area contributed by atoms with Crippen LogP contribution in [0.1, 0.15) is 36.1 Å².